The molecule has 2 aromatic rings. The lowest BCUT2D eigenvalue weighted by molar-refractivity contribution is -0.118. The van der Waals surface area contributed by atoms with Crippen LogP contribution in [0.15, 0.2) is 66.2 Å². The number of hydrogen-bond donors (Lipinski definition) is 1. The zero-order chi connectivity index (χ0) is 14.4. The lowest BCUT2D eigenvalue weighted by Gasteiger charge is -2.14. The smallest absolute Gasteiger partial charge is 0.247 e. The van der Waals surface area contributed by atoms with Gasteiger partial charge in [0.05, 0.1) is 6.04 Å². The summed E-state index contributed by atoms with van der Waals surface area (Å²) in [6.07, 6.45) is 1.90. The average molecular weight is 265 g/mol. The average Bonchev–Trinajstić information content (AvgIpc) is 2.49. The fourth-order valence-corrected chi connectivity index (χ4v) is 2.00. The van der Waals surface area contributed by atoms with Gasteiger partial charge < -0.3 is 5.32 Å². The molecule has 102 valence electrons. The van der Waals surface area contributed by atoms with E-state index in [4.69, 9.17) is 0 Å². The van der Waals surface area contributed by atoms with Crippen LogP contribution in [-0.2, 0) is 4.79 Å². The molecule has 0 spiro atoms. The molecule has 0 saturated heterocycles. The van der Waals surface area contributed by atoms with Crippen LogP contribution in [0.2, 0.25) is 0 Å². The zero-order valence-corrected chi connectivity index (χ0v) is 11.8. The van der Waals surface area contributed by atoms with Gasteiger partial charge in [-0.25, -0.2) is 0 Å². The topological polar surface area (TPSA) is 29.1 Å². The van der Waals surface area contributed by atoms with E-state index in [0.717, 1.165) is 11.1 Å². The SMILES string of the molecule is C/C(=C\c1ccccc1)C(=O)NC(C)c1ccccc1. The van der Waals surface area contributed by atoms with Gasteiger partial charge in [0.1, 0.15) is 0 Å². The molecule has 2 nitrogen and oxygen atoms in total. The molecule has 0 saturated carbocycles. The maximum Gasteiger partial charge on any atom is 0.247 e. The molecule has 0 bridgehead atoms. The third kappa shape index (κ3) is 3.82. The minimum Gasteiger partial charge on any atom is -0.346 e. The third-order valence-electron chi connectivity index (χ3n) is 3.19. The Hall–Kier alpha value is -2.35. The van der Waals surface area contributed by atoms with Crippen molar-refractivity contribution in [2.75, 3.05) is 0 Å². The van der Waals surface area contributed by atoms with Crippen molar-refractivity contribution in [3.8, 4) is 0 Å². The van der Waals surface area contributed by atoms with Gasteiger partial charge in [-0.05, 0) is 31.1 Å². The molecule has 0 aliphatic heterocycles. The van der Waals surface area contributed by atoms with Gasteiger partial charge in [-0.2, -0.15) is 0 Å². The summed E-state index contributed by atoms with van der Waals surface area (Å²) < 4.78 is 0. The largest absolute Gasteiger partial charge is 0.346 e. The first-order valence-electron chi connectivity index (χ1n) is 6.76. The molecule has 0 aromatic heterocycles. The molecule has 1 amide bonds. The van der Waals surface area contributed by atoms with Crippen LogP contribution in [-0.4, -0.2) is 5.91 Å². The van der Waals surface area contributed by atoms with Gasteiger partial charge in [-0.15, -0.1) is 0 Å². The quantitative estimate of drug-likeness (QED) is 0.833. The van der Waals surface area contributed by atoms with Crippen molar-refractivity contribution in [2.45, 2.75) is 19.9 Å². The second kappa shape index (κ2) is 6.71. The number of rotatable bonds is 4. The van der Waals surface area contributed by atoms with E-state index in [1.807, 2.05) is 80.6 Å². The highest BCUT2D eigenvalue weighted by molar-refractivity contribution is 5.97. The Balaban J connectivity index is 2.03. The summed E-state index contributed by atoms with van der Waals surface area (Å²) in [5.41, 5.74) is 2.85. The van der Waals surface area contributed by atoms with Crippen LogP contribution >= 0.6 is 0 Å². The summed E-state index contributed by atoms with van der Waals surface area (Å²) in [5.74, 6) is -0.0368. The van der Waals surface area contributed by atoms with Gasteiger partial charge in [0.25, 0.3) is 0 Å². The van der Waals surface area contributed by atoms with Gasteiger partial charge in [-0.3, -0.25) is 4.79 Å². The van der Waals surface area contributed by atoms with Crippen molar-refractivity contribution in [3.63, 3.8) is 0 Å². The zero-order valence-electron chi connectivity index (χ0n) is 11.8. The summed E-state index contributed by atoms with van der Waals surface area (Å²) in [7, 11) is 0. The summed E-state index contributed by atoms with van der Waals surface area (Å²) in [4.78, 5) is 12.2. The summed E-state index contributed by atoms with van der Waals surface area (Å²) in [6.45, 7) is 3.82. The van der Waals surface area contributed by atoms with E-state index < -0.39 is 0 Å². The highest BCUT2D eigenvalue weighted by Gasteiger charge is 2.10. The minimum absolute atomic E-state index is 0.00261. The van der Waals surface area contributed by atoms with Crippen molar-refractivity contribution < 1.29 is 4.79 Å². The van der Waals surface area contributed by atoms with Crippen molar-refractivity contribution in [3.05, 3.63) is 77.4 Å². The number of amides is 1. The van der Waals surface area contributed by atoms with Crippen LogP contribution in [0.1, 0.15) is 31.0 Å². The molecule has 20 heavy (non-hydrogen) atoms. The molecule has 0 aliphatic rings. The first kappa shape index (κ1) is 14.1. The van der Waals surface area contributed by atoms with E-state index in [-0.39, 0.29) is 11.9 Å². The maximum absolute atomic E-state index is 12.2. The summed E-state index contributed by atoms with van der Waals surface area (Å²) >= 11 is 0. The maximum atomic E-state index is 12.2. The van der Waals surface area contributed by atoms with E-state index in [2.05, 4.69) is 5.32 Å². The molecule has 0 radical (unpaired) electrons. The van der Waals surface area contributed by atoms with Crippen LogP contribution in [0, 0.1) is 0 Å². The predicted molar refractivity (Wildman–Crippen MR) is 83.1 cm³/mol. The first-order valence-corrected chi connectivity index (χ1v) is 6.76. The Labute approximate surface area is 120 Å². The van der Waals surface area contributed by atoms with Crippen molar-refractivity contribution in [1.29, 1.82) is 0 Å². The fourth-order valence-electron chi connectivity index (χ4n) is 2.00. The molecule has 1 atom stereocenters. The standard InChI is InChI=1S/C18H19NO/c1-14(13-16-9-5-3-6-10-16)18(20)19-15(2)17-11-7-4-8-12-17/h3-13,15H,1-2H3,(H,19,20)/b14-13+. The third-order valence-corrected chi connectivity index (χ3v) is 3.19. The van der Waals surface area contributed by atoms with Gasteiger partial charge in [0, 0.05) is 5.57 Å². The molecule has 1 unspecified atom stereocenters. The second-order valence-corrected chi connectivity index (χ2v) is 4.84. The molecule has 0 aliphatic carbocycles. The van der Waals surface area contributed by atoms with Crippen molar-refractivity contribution in [2.24, 2.45) is 0 Å². The molecular formula is C18H19NO. The van der Waals surface area contributed by atoms with Crippen molar-refractivity contribution >= 4 is 12.0 Å². The Morgan fingerprint density at radius 3 is 2.15 bits per heavy atom. The van der Waals surface area contributed by atoms with E-state index in [0.29, 0.717) is 5.57 Å². The Morgan fingerprint density at radius 1 is 1.00 bits per heavy atom. The molecule has 1 N–H and O–H groups in total. The van der Waals surface area contributed by atoms with Crippen LogP contribution < -0.4 is 5.32 Å². The van der Waals surface area contributed by atoms with Crippen molar-refractivity contribution in [1.82, 2.24) is 5.32 Å². The van der Waals surface area contributed by atoms with Crippen LogP contribution in [0.3, 0.4) is 0 Å². The Bertz CT molecular complexity index is 587. The number of nitrogens with one attached hydrogen (secondary N) is 1. The van der Waals surface area contributed by atoms with Gasteiger partial charge in [0.15, 0.2) is 0 Å². The minimum atomic E-state index is -0.0368. The summed E-state index contributed by atoms with van der Waals surface area (Å²) in [5, 5.41) is 3.01. The molecule has 2 heteroatoms. The lowest BCUT2D eigenvalue weighted by atomic mass is 10.1. The predicted octanol–water partition coefficient (Wildman–Crippen LogP) is 3.97. The Morgan fingerprint density at radius 2 is 1.55 bits per heavy atom. The summed E-state index contributed by atoms with van der Waals surface area (Å²) in [6, 6.07) is 19.8. The molecule has 2 rings (SSSR count). The molecular weight excluding hydrogens is 246 g/mol. The number of hydrogen-bond acceptors (Lipinski definition) is 1. The monoisotopic (exact) mass is 265 g/mol. The fraction of sp³-hybridized carbons (Fsp3) is 0.167. The lowest BCUT2D eigenvalue weighted by Crippen LogP contribution is -2.27. The van der Waals surface area contributed by atoms with Gasteiger partial charge in [0.2, 0.25) is 5.91 Å². The van der Waals surface area contributed by atoms with Crippen LogP contribution in [0.4, 0.5) is 0 Å². The number of carbonyl (C=O) groups excluding carboxylic acids is 1. The number of carbonyl (C=O) groups is 1. The van der Waals surface area contributed by atoms with E-state index in [1.165, 1.54) is 0 Å². The second-order valence-electron chi connectivity index (χ2n) is 4.84. The van der Waals surface area contributed by atoms with Crippen LogP contribution in [0.25, 0.3) is 6.08 Å². The molecule has 0 fully saturated rings. The van der Waals surface area contributed by atoms with Crippen LogP contribution in [0.5, 0.6) is 0 Å². The molecule has 0 heterocycles. The first-order chi connectivity index (χ1) is 9.66. The van der Waals surface area contributed by atoms with Gasteiger partial charge >= 0.3 is 0 Å². The van der Waals surface area contributed by atoms with E-state index in [1.54, 1.807) is 0 Å². The normalized spacial score (nSPS) is 12.8. The van der Waals surface area contributed by atoms with E-state index >= 15 is 0 Å². The van der Waals surface area contributed by atoms with Gasteiger partial charge in [-0.1, -0.05) is 60.7 Å². The highest BCUT2D eigenvalue weighted by atomic mass is 16.1. The number of benzene rings is 2. The highest BCUT2D eigenvalue weighted by Crippen LogP contribution is 2.13. The van der Waals surface area contributed by atoms with E-state index in [9.17, 15) is 4.79 Å². The molecule has 2 aromatic carbocycles. The Kier molecular flexibility index (Phi) is 4.72.